The Bertz CT molecular complexity index is 1450. The minimum Gasteiger partial charge on any atom is -0.487 e. The fourth-order valence-electron chi connectivity index (χ4n) is 4.35. The molecule has 0 aliphatic carbocycles. The van der Waals surface area contributed by atoms with Crippen molar-refractivity contribution in [3.8, 4) is 17.6 Å². The molecule has 8 nitrogen and oxygen atoms in total. The van der Waals surface area contributed by atoms with E-state index in [1.807, 2.05) is 43.3 Å². The number of likely N-dealkylation sites (N-methyl/N-ethyl adjacent to an activating group) is 1. The third-order valence-electron chi connectivity index (χ3n) is 6.73. The molecule has 1 N–H and O–H groups in total. The summed E-state index contributed by atoms with van der Waals surface area (Å²) in [6.07, 6.45) is 1.29. The number of fused-ring (bicyclic) bond motifs is 1. The lowest BCUT2D eigenvalue weighted by atomic mass is 10.0. The quantitative estimate of drug-likeness (QED) is 0.477. The Labute approximate surface area is 230 Å². The zero-order valence-corrected chi connectivity index (χ0v) is 23.1. The van der Waals surface area contributed by atoms with Crippen LogP contribution in [0, 0.1) is 17.8 Å². The topological polar surface area (TPSA) is 100 Å². The molecule has 2 aromatic carbocycles. The maximum Gasteiger partial charge on any atom is 0.247 e. The van der Waals surface area contributed by atoms with Gasteiger partial charge in [0.05, 0.1) is 19.6 Å². The van der Waals surface area contributed by atoms with Crippen LogP contribution in [0.3, 0.4) is 0 Å². The number of carbonyl (C=O) groups is 1. The van der Waals surface area contributed by atoms with E-state index in [1.54, 1.807) is 49.3 Å². The van der Waals surface area contributed by atoms with Crippen molar-refractivity contribution in [2.75, 3.05) is 26.7 Å². The third-order valence-corrected chi connectivity index (χ3v) is 8.75. The summed E-state index contributed by atoms with van der Waals surface area (Å²) in [5.74, 6) is 5.93. The minimum atomic E-state index is -3.97. The fraction of sp³-hybridized carbons (Fsp3) is 0.333. The van der Waals surface area contributed by atoms with E-state index in [4.69, 9.17) is 4.74 Å². The molecule has 0 spiro atoms. The zero-order valence-electron chi connectivity index (χ0n) is 22.3. The normalized spacial score (nSPS) is 19.3. The zero-order chi connectivity index (χ0) is 28.0. The number of amides is 1. The van der Waals surface area contributed by atoms with Crippen LogP contribution in [-0.4, -0.2) is 72.5 Å². The van der Waals surface area contributed by atoms with E-state index >= 15 is 0 Å². The maximum absolute atomic E-state index is 13.7. The van der Waals surface area contributed by atoms with Crippen molar-refractivity contribution in [3.63, 3.8) is 0 Å². The molecule has 3 atom stereocenters. The Kier molecular flexibility index (Phi) is 9.02. The Morgan fingerprint density at radius 1 is 1.13 bits per heavy atom. The van der Waals surface area contributed by atoms with Crippen LogP contribution in [0.2, 0.25) is 0 Å². The number of hydrogen-bond donors (Lipinski definition) is 1. The third kappa shape index (κ3) is 6.84. The summed E-state index contributed by atoms with van der Waals surface area (Å²) in [5, 5.41) is 9.85. The van der Waals surface area contributed by atoms with Gasteiger partial charge in [-0.1, -0.05) is 43.0 Å². The number of ether oxygens (including phenoxy) is 1. The summed E-state index contributed by atoms with van der Waals surface area (Å²) in [5.41, 5.74) is 2.10. The van der Waals surface area contributed by atoms with Gasteiger partial charge in [0.2, 0.25) is 15.9 Å². The number of benzene rings is 2. The lowest BCUT2D eigenvalue weighted by molar-refractivity contribution is -0.130. The summed E-state index contributed by atoms with van der Waals surface area (Å²) < 4.78 is 35.0. The van der Waals surface area contributed by atoms with E-state index in [9.17, 15) is 18.3 Å². The van der Waals surface area contributed by atoms with Crippen molar-refractivity contribution in [3.05, 3.63) is 89.7 Å². The van der Waals surface area contributed by atoms with E-state index in [0.29, 0.717) is 11.3 Å². The predicted molar refractivity (Wildman–Crippen MR) is 148 cm³/mol. The summed E-state index contributed by atoms with van der Waals surface area (Å²) in [7, 11) is -2.27. The number of aromatic nitrogens is 1. The van der Waals surface area contributed by atoms with Crippen LogP contribution in [0.25, 0.3) is 0 Å². The molecule has 1 aromatic heterocycles. The molecule has 3 aromatic rings. The molecule has 0 radical (unpaired) electrons. The van der Waals surface area contributed by atoms with Crippen LogP contribution in [0.4, 0.5) is 0 Å². The van der Waals surface area contributed by atoms with Gasteiger partial charge in [-0.25, -0.2) is 8.42 Å². The molecule has 1 aliphatic rings. The summed E-state index contributed by atoms with van der Waals surface area (Å²) in [6.45, 7) is 3.61. The molecule has 0 saturated heterocycles. The number of sulfonamides is 1. The molecule has 0 unspecified atom stereocenters. The summed E-state index contributed by atoms with van der Waals surface area (Å²) in [4.78, 5) is 18.8. The maximum atomic E-state index is 13.7. The van der Waals surface area contributed by atoms with Crippen LogP contribution in [0.5, 0.6) is 5.75 Å². The molecule has 39 heavy (non-hydrogen) atoms. The molecule has 0 saturated carbocycles. The van der Waals surface area contributed by atoms with Gasteiger partial charge in [-0.3, -0.25) is 9.78 Å². The Morgan fingerprint density at radius 3 is 2.54 bits per heavy atom. The second-order valence-corrected chi connectivity index (χ2v) is 11.6. The van der Waals surface area contributed by atoms with E-state index in [1.165, 1.54) is 10.4 Å². The monoisotopic (exact) mass is 547 g/mol. The lowest BCUT2D eigenvalue weighted by Crippen LogP contribution is -2.50. The van der Waals surface area contributed by atoms with E-state index < -0.39 is 22.2 Å². The first-order valence-electron chi connectivity index (χ1n) is 12.8. The largest absolute Gasteiger partial charge is 0.487 e. The van der Waals surface area contributed by atoms with Crippen molar-refractivity contribution < 1.29 is 23.1 Å². The number of rotatable bonds is 6. The number of carbonyl (C=O) groups excluding carboxylic acids is 1. The molecule has 204 valence electrons. The van der Waals surface area contributed by atoms with Crippen LogP contribution < -0.4 is 4.74 Å². The molecule has 2 heterocycles. The molecule has 1 aliphatic heterocycles. The van der Waals surface area contributed by atoms with Crippen LogP contribution in [-0.2, 0) is 21.2 Å². The molecule has 9 heteroatoms. The molecular weight excluding hydrogens is 514 g/mol. The average Bonchev–Trinajstić information content (AvgIpc) is 2.94. The van der Waals surface area contributed by atoms with Crippen molar-refractivity contribution in [1.82, 2.24) is 14.2 Å². The van der Waals surface area contributed by atoms with Gasteiger partial charge in [0.1, 0.15) is 16.7 Å². The highest BCUT2D eigenvalue weighted by atomic mass is 32.2. The smallest absolute Gasteiger partial charge is 0.247 e. The number of aliphatic hydroxyl groups is 1. The van der Waals surface area contributed by atoms with E-state index in [2.05, 4.69) is 16.8 Å². The van der Waals surface area contributed by atoms with Gasteiger partial charge in [0.15, 0.2) is 0 Å². The van der Waals surface area contributed by atoms with Crippen LogP contribution in [0.15, 0.2) is 77.8 Å². The number of nitrogens with zero attached hydrogens (tertiary/aromatic N) is 3. The highest BCUT2D eigenvalue weighted by Gasteiger charge is 2.38. The van der Waals surface area contributed by atoms with Crippen molar-refractivity contribution in [1.29, 1.82) is 0 Å². The number of hydrogen-bond acceptors (Lipinski definition) is 6. The fourth-order valence-corrected chi connectivity index (χ4v) is 6.18. The number of pyridine rings is 1. The van der Waals surface area contributed by atoms with Crippen LogP contribution in [0.1, 0.15) is 30.7 Å². The highest BCUT2D eigenvalue weighted by Crippen LogP contribution is 2.34. The first-order chi connectivity index (χ1) is 18.7. The van der Waals surface area contributed by atoms with E-state index in [0.717, 1.165) is 5.56 Å². The summed E-state index contributed by atoms with van der Waals surface area (Å²) >= 11 is 0. The van der Waals surface area contributed by atoms with Crippen molar-refractivity contribution >= 4 is 15.9 Å². The molecular formula is C30H33N3O5S. The Balaban J connectivity index is 1.67. The molecule has 4 rings (SSSR count). The van der Waals surface area contributed by atoms with Gasteiger partial charge in [0.25, 0.3) is 0 Å². The van der Waals surface area contributed by atoms with Crippen LogP contribution >= 0.6 is 0 Å². The van der Waals surface area contributed by atoms with Gasteiger partial charge < -0.3 is 14.7 Å². The first-order valence-corrected chi connectivity index (χ1v) is 14.3. The first kappa shape index (κ1) is 28.3. The second kappa shape index (κ2) is 12.4. The van der Waals surface area contributed by atoms with Gasteiger partial charge in [-0.05, 0) is 49.4 Å². The SMILES string of the molecule is C[C@@H]1CN([C@H](C)CO)S(=O)(=O)c2ccc(C#Cc3ccccc3)cc2O[C@H]1CN(C)C(=O)Cc1ccccn1. The van der Waals surface area contributed by atoms with Gasteiger partial charge in [-0.2, -0.15) is 4.31 Å². The van der Waals surface area contributed by atoms with Crippen molar-refractivity contribution in [2.24, 2.45) is 5.92 Å². The lowest BCUT2D eigenvalue weighted by Gasteiger charge is -2.37. The van der Waals surface area contributed by atoms with Gasteiger partial charge in [0, 0.05) is 48.6 Å². The second-order valence-electron chi connectivity index (χ2n) is 9.79. The van der Waals surface area contributed by atoms with E-state index in [-0.39, 0.29) is 48.6 Å². The standard InChI is InChI=1S/C30H33N3O5S/c1-22-19-33(23(2)21-34)39(36,37)29-15-14-25(13-12-24-9-5-4-6-10-24)17-27(29)38-28(22)20-32(3)30(35)18-26-11-7-8-16-31-26/h4-11,14-17,22-23,28,34H,18-21H2,1-3H3/t22-,23-,28+/m1/s1. The molecule has 1 amide bonds. The Hall–Kier alpha value is -3.71. The van der Waals surface area contributed by atoms with Gasteiger partial charge in [-0.15, -0.1) is 0 Å². The minimum absolute atomic E-state index is 0.00688. The predicted octanol–water partition coefficient (Wildman–Crippen LogP) is 2.95. The summed E-state index contributed by atoms with van der Waals surface area (Å²) in [6, 6.07) is 19.1. The average molecular weight is 548 g/mol. The van der Waals surface area contributed by atoms with Crippen molar-refractivity contribution in [2.45, 2.75) is 37.3 Å². The Morgan fingerprint density at radius 2 is 1.85 bits per heavy atom. The van der Waals surface area contributed by atoms with Gasteiger partial charge >= 0.3 is 0 Å². The number of aliphatic hydroxyl groups excluding tert-OH is 1. The molecule has 0 fully saturated rings. The highest BCUT2D eigenvalue weighted by molar-refractivity contribution is 7.89. The molecule has 0 bridgehead atoms.